The SMILES string of the molecule is [2H]CC1OC(n2ccc(NC(=O)COc3ccccc3)nc2=O)C(F)C1OP(OCCc1ccccc1SSC(C)(C)C)N(C(C)C)C(C)C. The summed E-state index contributed by atoms with van der Waals surface area (Å²) in [6.07, 6.45) is -3.37. The molecule has 5 unspecified atom stereocenters. The second kappa shape index (κ2) is 18.1. The average molecular weight is 736 g/mol. The maximum absolute atomic E-state index is 16.3. The van der Waals surface area contributed by atoms with Gasteiger partial charge in [-0.3, -0.25) is 9.36 Å². The molecule has 10 nitrogen and oxygen atoms in total. The third-order valence-corrected chi connectivity index (χ3v) is 12.7. The van der Waals surface area contributed by atoms with Crippen molar-refractivity contribution in [1.29, 1.82) is 0 Å². The zero-order valence-electron chi connectivity index (χ0n) is 30.1. The van der Waals surface area contributed by atoms with Gasteiger partial charge in [-0.25, -0.2) is 13.9 Å². The van der Waals surface area contributed by atoms with Crippen molar-refractivity contribution in [1.82, 2.24) is 14.2 Å². The highest BCUT2D eigenvalue weighted by atomic mass is 33.1. The van der Waals surface area contributed by atoms with Gasteiger partial charge in [-0.2, -0.15) is 4.98 Å². The topological polar surface area (TPSA) is 104 Å². The van der Waals surface area contributed by atoms with Gasteiger partial charge >= 0.3 is 5.69 Å². The van der Waals surface area contributed by atoms with Gasteiger partial charge in [0.2, 0.25) is 0 Å². The first kappa shape index (κ1) is 37.7. The lowest BCUT2D eigenvalue weighted by molar-refractivity contribution is -0.118. The quantitative estimate of drug-likeness (QED) is 0.115. The number of carbonyl (C=O) groups excluding carboxylic acids is 1. The van der Waals surface area contributed by atoms with E-state index in [0.717, 1.165) is 10.1 Å². The van der Waals surface area contributed by atoms with Gasteiger partial charge in [0.15, 0.2) is 19.0 Å². The maximum Gasteiger partial charge on any atom is 0.351 e. The third kappa shape index (κ3) is 11.5. The van der Waals surface area contributed by atoms with Crippen molar-refractivity contribution in [2.75, 3.05) is 18.5 Å². The molecule has 14 heteroatoms. The number of alkyl halides is 1. The molecule has 1 aliphatic rings. The predicted octanol–water partition coefficient (Wildman–Crippen LogP) is 8.05. The molecule has 2 aromatic carbocycles. The van der Waals surface area contributed by atoms with Crippen LogP contribution in [0.3, 0.4) is 0 Å². The van der Waals surface area contributed by atoms with Crippen LogP contribution in [0.2, 0.25) is 0 Å². The number of halogens is 1. The fraction of sp³-hybridized carbons (Fsp3) is 0.514. The van der Waals surface area contributed by atoms with Crippen LogP contribution >= 0.6 is 30.1 Å². The fourth-order valence-electron chi connectivity index (χ4n) is 4.99. The summed E-state index contributed by atoms with van der Waals surface area (Å²) in [4.78, 5) is 30.5. The van der Waals surface area contributed by atoms with E-state index in [1.54, 1.807) is 45.9 Å². The molecule has 0 spiro atoms. The number of ether oxygens (including phenoxy) is 2. The number of aromatic nitrogens is 2. The van der Waals surface area contributed by atoms with Crippen molar-refractivity contribution in [3.8, 4) is 5.75 Å². The van der Waals surface area contributed by atoms with E-state index in [9.17, 15) is 9.59 Å². The van der Waals surface area contributed by atoms with Crippen LogP contribution in [-0.2, 0) is 25.0 Å². The van der Waals surface area contributed by atoms with Crippen LogP contribution in [0.25, 0.3) is 0 Å². The molecule has 3 aromatic rings. The van der Waals surface area contributed by atoms with Crippen LogP contribution in [0.4, 0.5) is 10.2 Å². The van der Waals surface area contributed by atoms with Crippen LogP contribution in [0.15, 0.2) is 76.6 Å². The fourth-order valence-corrected chi connectivity index (χ4v) is 9.01. The average Bonchev–Trinajstić information content (AvgIpc) is 3.37. The number of amides is 1. The maximum atomic E-state index is 16.3. The summed E-state index contributed by atoms with van der Waals surface area (Å²) in [7, 11) is 1.76. The molecule has 1 saturated heterocycles. The van der Waals surface area contributed by atoms with Crippen molar-refractivity contribution in [2.24, 2.45) is 0 Å². The number of anilines is 1. The van der Waals surface area contributed by atoms with Gasteiger partial charge in [0.25, 0.3) is 14.4 Å². The number of carbonyl (C=O) groups is 1. The lowest BCUT2D eigenvalue weighted by Crippen LogP contribution is -2.38. The van der Waals surface area contributed by atoms with E-state index in [4.69, 9.17) is 19.9 Å². The Morgan fingerprint density at radius 2 is 1.82 bits per heavy atom. The Morgan fingerprint density at radius 3 is 2.47 bits per heavy atom. The highest BCUT2D eigenvalue weighted by molar-refractivity contribution is 8.77. The molecule has 2 heterocycles. The number of para-hydroxylation sites is 1. The molecule has 5 atom stereocenters. The number of nitrogens with one attached hydrogen (secondary N) is 1. The number of benzene rings is 2. The van der Waals surface area contributed by atoms with Gasteiger partial charge < -0.3 is 23.8 Å². The van der Waals surface area contributed by atoms with Crippen molar-refractivity contribution in [3.63, 3.8) is 0 Å². The highest BCUT2D eigenvalue weighted by Crippen LogP contribution is 2.50. The summed E-state index contributed by atoms with van der Waals surface area (Å²) in [6.45, 7) is 14.4. The van der Waals surface area contributed by atoms with Gasteiger partial charge in [0.05, 0.1) is 12.7 Å². The van der Waals surface area contributed by atoms with E-state index >= 15 is 4.39 Å². The number of hydrogen-bond acceptors (Lipinski definition) is 10. The largest absolute Gasteiger partial charge is 0.484 e. The van der Waals surface area contributed by atoms with Crippen LogP contribution in [-0.4, -0.2) is 68.6 Å². The van der Waals surface area contributed by atoms with E-state index in [2.05, 4.69) is 47.9 Å². The van der Waals surface area contributed by atoms with Gasteiger partial charge in [0.1, 0.15) is 17.7 Å². The minimum atomic E-state index is -1.80. The number of nitrogens with zero attached hydrogens (tertiary/aromatic N) is 3. The molecule has 268 valence electrons. The highest BCUT2D eigenvalue weighted by Gasteiger charge is 2.48. The molecule has 0 saturated carbocycles. The Morgan fingerprint density at radius 1 is 1.12 bits per heavy atom. The molecule has 0 aliphatic carbocycles. The molecule has 0 bridgehead atoms. The van der Waals surface area contributed by atoms with Crippen molar-refractivity contribution in [2.45, 2.75) is 108 Å². The molecule has 1 N–H and O–H groups in total. The van der Waals surface area contributed by atoms with E-state index in [1.165, 1.54) is 17.2 Å². The first-order valence-electron chi connectivity index (χ1n) is 17.0. The van der Waals surface area contributed by atoms with Gasteiger partial charge in [-0.05, 0) is 70.8 Å². The Balaban J connectivity index is 1.45. The number of hydrogen-bond donors (Lipinski definition) is 1. The lowest BCUT2D eigenvalue weighted by Gasteiger charge is -2.37. The molecule has 1 aromatic heterocycles. The standard InChI is InChI=1S/C35H48FN4O6PS2/c1-23(2)40(24(3)4)47(44-21-19-26-14-12-13-17-28(26)48-49-35(6,7)8)46-32-25(5)45-33(31(32)36)39-20-18-29(38-34(39)42)37-30(41)22-43-27-15-10-9-11-16-27/h9-18,20,23-25,31-33H,19,21-22H2,1-8H3,(H,37,38,41,42)/i5D. The Labute approximate surface area is 299 Å². The van der Waals surface area contributed by atoms with Crippen molar-refractivity contribution >= 4 is 41.8 Å². The summed E-state index contributed by atoms with van der Waals surface area (Å²) in [5.41, 5.74) is 0.325. The first-order valence-corrected chi connectivity index (χ1v) is 19.5. The van der Waals surface area contributed by atoms with Crippen LogP contribution in [0.5, 0.6) is 5.75 Å². The summed E-state index contributed by atoms with van der Waals surface area (Å²) in [5.74, 6) is -0.00106. The molecular formula is C35H48FN4O6PS2. The molecule has 49 heavy (non-hydrogen) atoms. The predicted molar refractivity (Wildman–Crippen MR) is 197 cm³/mol. The zero-order valence-corrected chi connectivity index (χ0v) is 31.6. The third-order valence-electron chi connectivity index (χ3n) is 7.14. The van der Waals surface area contributed by atoms with Crippen LogP contribution in [0, 0.1) is 0 Å². The Hall–Kier alpha value is -2.51. The monoisotopic (exact) mass is 735 g/mol. The summed E-state index contributed by atoms with van der Waals surface area (Å²) in [6, 6.07) is 18.5. The smallest absolute Gasteiger partial charge is 0.351 e. The van der Waals surface area contributed by atoms with Gasteiger partial charge in [-0.1, -0.05) is 78.8 Å². The van der Waals surface area contributed by atoms with Crippen molar-refractivity contribution in [3.05, 3.63) is 82.9 Å². The van der Waals surface area contributed by atoms with E-state index in [1.807, 2.05) is 45.9 Å². The molecule has 4 rings (SSSR count). The van der Waals surface area contributed by atoms with Crippen molar-refractivity contribution < 1.29 is 29.1 Å². The number of rotatable bonds is 16. The molecular weight excluding hydrogens is 687 g/mol. The minimum Gasteiger partial charge on any atom is -0.484 e. The van der Waals surface area contributed by atoms with Crippen LogP contribution < -0.4 is 15.7 Å². The zero-order chi connectivity index (χ0) is 36.4. The summed E-state index contributed by atoms with van der Waals surface area (Å²) in [5, 5.41) is 2.52. The normalized spacial score (nSPS) is 20.5. The summed E-state index contributed by atoms with van der Waals surface area (Å²) < 4.78 is 51.8. The first-order chi connectivity index (χ1) is 23.8. The van der Waals surface area contributed by atoms with Crippen LogP contribution in [0.1, 0.15) is 68.5 Å². The Bertz CT molecular complexity index is 1580. The summed E-state index contributed by atoms with van der Waals surface area (Å²) >= 11 is 0. The van der Waals surface area contributed by atoms with E-state index < -0.39 is 44.7 Å². The Kier molecular flexibility index (Phi) is 14.0. The second-order valence-corrected chi connectivity index (χ2v) is 17.4. The molecule has 1 aliphatic heterocycles. The van der Waals surface area contributed by atoms with Gasteiger partial charge in [0, 0.05) is 29.3 Å². The second-order valence-electron chi connectivity index (χ2n) is 13.0. The molecule has 1 amide bonds. The lowest BCUT2D eigenvalue weighted by atomic mass is 10.2. The van der Waals surface area contributed by atoms with E-state index in [-0.39, 0.29) is 36.2 Å². The molecule has 0 radical (unpaired) electrons. The van der Waals surface area contributed by atoms with Gasteiger partial charge in [-0.15, -0.1) is 0 Å². The minimum absolute atomic E-state index is 0.00967. The molecule has 1 fully saturated rings. The van der Waals surface area contributed by atoms with E-state index in [0.29, 0.717) is 18.8 Å².